The van der Waals surface area contributed by atoms with Gasteiger partial charge in [-0.25, -0.2) is 4.68 Å². The number of aryl methyl sites for hydroxylation is 1. The van der Waals surface area contributed by atoms with Crippen LogP contribution in [0.3, 0.4) is 0 Å². The molecule has 0 saturated heterocycles. The van der Waals surface area contributed by atoms with Crippen molar-refractivity contribution in [2.24, 2.45) is 7.05 Å². The second-order valence-electron chi connectivity index (χ2n) is 7.02. The maximum Gasteiger partial charge on any atom is 0.262 e. The fourth-order valence-electron chi connectivity index (χ4n) is 3.53. The molecule has 1 aromatic heterocycles. The summed E-state index contributed by atoms with van der Waals surface area (Å²) in [6, 6.07) is 12.8. The van der Waals surface area contributed by atoms with Crippen LogP contribution in [0.5, 0.6) is 0 Å². The molecule has 1 aliphatic rings. The van der Waals surface area contributed by atoms with Gasteiger partial charge in [0.2, 0.25) is 5.91 Å². The molecule has 0 fully saturated rings. The van der Waals surface area contributed by atoms with E-state index in [2.05, 4.69) is 20.8 Å². The Hall–Kier alpha value is -3.53. The van der Waals surface area contributed by atoms with E-state index in [0.29, 0.717) is 34.8 Å². The zero-order chi connectivity index (χ0) is 22.0. The predicted molar refractivity (Wildman–Crippen MR) is 117 cm³/mol. The molecular weight excluding hydrogens is 416 g/mol. The average Bonchev–Trinajstić information content (AvgIpc) is 3.31. The number of benzene rings is 2. The van der Waals surface area contributed by atoms with E-state index in [1.165, 1.54) is 4.68 Å². The molecule has 0 unspecified atom stereocenters. The van der Waals surface area contributed by atoms with Crippen molar-refractivity contribution >= 4 is 35.2 Å². The quantitative estimate of drug-likeness (QED) is 0.566. The maximum atomic E-state index is 13.2. The zero-order valence-electron chi connectivity index (χ0n) is 17.0. The molecule has 0 radical (unpaired) electrons. The lowest BCUT2D eigenvalue weighted by molar-refractivity contribution is -0.120. The van der Waals surface area contributed by atoms with Gasteiger partial charge in [0.15, 0.2) is 5.82 Å². The lowest BCUT2D eigenvalue weighted by atomic mass is 10.1. The molecule has 31 heavy (non-hydrogen) atoms. The fourth-order valence-corrected chi connectivity index (χ4v) is 3.99. The zero-order valence-corrected chi connectivity index (χ0v) is 17.8. The Morgan fingerprint density at radius 1 is 1.10 bits per heavy atom. The van der Waals surface area contributed by atoms with E-state index in [1.54, 1.807) is 61.3 Å². The molecule has 2 heterocycles. The van der Waals surface area contributed by atoms with Crippen LogP contribution in [0.4, 0.5) is 5.69 Å². The van der Waals surface area contributed by atoms with Gasteiger partial charge in [-0.2, -0.15) is 11.8 Å². The van der Waals surface area contributed by atoms with Gasteiger partial charge in [-0.05, 0) is 53.1 Å². The molecule has 158 valence electrons. The van der Waals surface area contributed by atoms with Crippen LogP contribution in [0, 0.1) is 0 Å². The summed E-state index contributed by atoms with van der Waals surface area (Å²) >= 11 is 1.55. The number of aromatic nitrogens is 4. The highest BCUT2D eigenvalue weighted by molar-refractivity contribution is 7.98. The number of anilines is 1. The van der Waals surface area contributed by atoms with Crippen molar-refractivity contribution in [3.8, 4) is 11.4 Å². The number of hydrogen-bond donors (Lipinski definition) is 1. The molecule has 3 aromatic rings. The van der Waals surface area contributed by atoms with E-state index in [0.717, 1.165) is 10.5 Å². The van der Waals surface area contributed by atoms with Crippen LogP contribution in [0.1, 0.15) is 27.1 Å². The fraction of sp³-hybridized carbons (Fsp3) is 0.238. The molecule has 2 aromatic carbocycles. The van der Waals surface area contributed by atoms with Crippen LogP contribution in [0.15, 0.2) is 48.5 Å². The van der Waals surface area contributed by atoms with Crippen molar-refractivity contribution in [2.75, 3.05) is 17.3 Å². The van der Waals surface area contributed by atoms with Gasteiger partial charge in [-0.15, -0.1) is 5.10 Å². The van der Waals surface area contributed by atoms with Gasteiger partial charge in [0.25, 0.3) is 11.8 Å². The smallest absolute Gasteiger partial charge is 0.262 e. The molecule has 10 heteroatoms. The third-order valence-electron chi connectivity index (χ3n) is 5.04. The Labute approximate surface area is 182 Å². The van der Waals surface area contributed by atoms with Crippen LogP contribution in [-0.4, -0.2) is 60.9 Å². The highest BCUT2D eigenvalue weighted by Crippen LogP contribution is 2.27. The van der Waals surface area contributed by atoms with E-state index >= 15 is 0 Å². The van der Waals surface area contributed by atoms with Crippen molar-refractivity contribution < 1.29 is 14.4 Å². The number of fused-ring (bicyclic) bond motifs is 1. The molecule has 1 aliphatic heterocycles. The van der Waals surface area contributed by atoms with E-state index in [1.807, 2.05) is 12.3 Å². The number of carbonyl (C=O) groups excluding carboxylic acids is 3. The number of carbonyl (C=O) groups is 3. The molecular formula is C21H20N6O3S. The Kier molecular flexibility index (Phi) is 5.81. The number of imide groups is 1. The Morgan fingerprint density at radius 3 is 2.42 bits per heavy atom. The van der Waals surface area contributed by atoms with Crippen LogP contribution in [-0.2, 0) is 11.8 Å². The van der Waals surface area contributed by atoms with Gasteiger partial charge in [-0.1, -0.05) is 24.3 Å². The summed E-state index contributed by atoms with van der Waals surface area (Å²) in [6.07, 6.45) is 2.26. The van der Waals surface area contributed by atoms with E-state index in [9.17, 15) is 14.4 Å². The number of nitrogens with zero attached hydrogens (tertiary/aromatic N) is 5. The van der Waals surface area contributed by atoms with Crippen molar-refractivity contribution in [3.63, 3.8) is 0 Å². The minimum absolute atomic E-state index is 0.325. The van der Waals surface area contributed by atoms with Crippen LogP contribution < -0.4 is 5.32 Å². The number of rotatable bonds is 7. The first kappa shape index (κ1) is 20.7. The maximum absolute atomic E-state index is 13.2. The Balaban J connectivity index is 1.60. The van der Waals surface area contributed by atoms with Crippen molar-refractivity contribution in [2.45, 2.75) is 12.5 Å². The molecule has 9 nitrogen and oxygen atoms in total. The summed E-state index contributed by atoms with van der Waals surface area (Å²) in [6.45, 7) is 0. The van der Waals surface area contributed by atoms with Gasteiger partial charge in [0.1, 0.15) is 6.04 Å². The lowest BCUT2D eigenvalue weighted by Crippen LogP contribution is -2.47. The summed E-state index contributed by atoms with van der Waals surface area (Å²) in [5, 5.41) is 14.3. The summed E-state index contributed by atoms with van der Waals surface area (Å²) in [5.41, 5.74) is 1.90. The monoisotopic (exact) mass is 436 g/mol. The van der Waals surface area contributed by atoms with Gasteiger partial charge in [0.05, 0.1) is 11.1 Å². The first-order chi connectivity index (χ1) is 15.0. The molecule has 4 rings (SSSR count). The van der Waals surface area contributed by atoms with Gasteiger partial charge < -0.3 is 5.32 Å². The molecule has 0 spiro atoms. The Bertz CT molecular complexity index is 1130. The van der Waals surface area contributed by atoms with Gasteiger partial charge in [-0.3, -0.25) is 19.3 Å². The van der Waals surface area contributed by atoms with Crippen molar-refractivity contribution in [1.82, 2.24) is 25.1 Å². The number of thioether (sulfide) groups is 1. The minimum atomic E-state index is -0.917. The second-order valence-corrected chi connectivity index (χ2v) is 8.00. The van der Waals surface area contributed by atoms with Crippen molar-refractivity contribution in [1.29, 1.82) is 0 Å². The molecule has 0 bridgehead atoms. The van der Waals surface area contributed by atoms with E-state index in [-0.39, 0.29) is 0 Å². The molecule has 0 aliphatic carbocycles. The largest absolute Gasteiger partial charge is 0.324 e. The lowest BCUT2D eigenvalue weighted by Gasteiger charge is -2.25. The highest BCUT2D eigenvalue weighted by atomic mass is 32.2. The second kappa shape index (κ2) is 8.68. The van der Waals surface area contributed by atoms with Crippen molar-refractivity contribution in [3.05, 3.63) is 59.7 Å². The topological polar surface area (TPSA) is 110 Å². The average molecular weight is 436 g/mol. The first-order valence-electron chi connectivity index (χ1n) is 9.60. The normalized spacial score (nSPS) is 13.9. The number of nitrogens with one attached hydrogen (secondary N) is 1. The number of amides is 3. The van der Waals surface area contributed by atoms with Gasteiger partial charge in [0, 0.05) is 18.3 Å². The van der Waals surface area contributed by atoms with Crippen LogP contribution >= 0.6 is 11.8 Å². The standard InChI is InChI=1S/C21H20N6O3S/c1-26-18(23-24-25-26)13-6-5-7-14(12-13)22-19(28)17(10-11-31-2)27-20(29)15-8-3-4-9-16(15)21(27)30/h3-9,12,17H,10-11H2,1-2H3,(H,22,28)/t17-/m1/s1. The number of hydrogen-bond acceptors (Lipinski definition) is 7. The van der Waals surface area contributed by atoms with E-state index in [4.69, 9.17) is 0 Å². The molecule has 3 amide bonds. The van der Waals surface area contributed by atoms with Crippen LogP contribution in [0.25, 0.3) is 11.4 Å². The molecule has 1 N–H and O–H groups in total. The summed E-state index contributed by atoms with van der Waals surface area (Å²) < 4.78 is 1.53. The number of tetrazole rings is 1. The Morgan fingerprint density at radius 2 is 1.81 bits per heavy atom. The van der Waals surface area contributed by atoms with Crippen LogP contribution in [0.2, 0.25) is 0 Å². The summed E-state index contributed by atoms with van der Waals surface area (Å²) in [7, 11) is 1.72. The third-order valence-corrected chi connectivity index (χ3v) is 5.69. The summed E-state index contributed by atoms with van der Waals surface area (Å²) in [5.74, 6) is -0.135. The van der Waals surface area contributed by atoms with Gasteiger partial charge >= 0.3 is 0 Å². The highest BCUT2D eigenvalue weighted by Gasteiger charge is 2.42. The minimum Gasteiger partial charge on any atom is -0.324 e. The summed E-state index contributed by atoms with van der Waals surface area (Å²) in [4.78, 5) is 40.1. The molecule has 1 atom stereocenters. The third kappa shape index (κ3) is 3.93. The first-order valence-corrected chi connectivity index (χ1v) is 11.0. The SMILES string of the molecule is CSCC[C@H](C(=O)Nc1cccc(-c2nnnn2C)c1)N1C(=O)c2ccccc2C1=O. The molecule has 0 saturated carbocycles. The van der Waals surface area contributed by atoms with E-state index < -0.39 is 23.8 Å². The predicted octanol–water partition coefficient (Wildman–Crippen LogP) is 2.23.